The van der Waals surface area contributed by atoms with Gasteiger partial charge in [0.25, 0.3) is 5.91 Å². The largest absolute Gasteiger partial charge is 0.469 e. The molecule has 0 saturated heterocycles. The van der Waals surface area contributed by atoms with Crippen LogP contribution in [0.25, 0.3) is 0 Å². The molecule has 110 valence electrons. The molecule has 0 N–H and O–H groups in total. The highest BCUT2D eigenvalue weighted by molar-refractivity contribution is 6.42. The van der Waals surface area contributed by atoms with Crippen molar-refractivity contribution < 1.29 is 14.3 Å². The third-order valence-electron chi connectivity index (χ3n) is 2.93. The second kappa shape index (κ2) is 7.50. The number of rotatable bonds is 5. The van der Waals surface area contributed by atoms with Gasteiger partial charge in [0.2, 0.25) is 0 Å². The van der Waals surface area contributed by atoms with E-state index >= 15 is 0 Å². The predicted octanol–water partition coefficient (Wildman–Crippen LogP) is 3.26. The number of carbonyl (C=O) groups excluding carboxylic acids is 2. The van der Waals surface area contributed by atoms with Gasteiger partial charge in [-0.1, -0.05) is 30.1 Å². The first-order valence-corrected chi connectivity index (χ1v) is 6.98. The summed E-state index contributed by atoms with van der Waals surface area (Å²) in [6.07, 6.45) is 0. The molecule has 1 aromatic rings. The second-order valence-electron chi connectivity index (χ2n) is 4.40. The van der Waals surface area contributed by atoms with Gasteiger partial charge in [-0.25, -0.2) is 0 Å². The van der Waals surface area contributed by atoms with Gasteiger partial charge in [-0.3, -0.25) is 9.59 Å². The fraction of sp³-hybridized carbons (Fsp3) is 0.429. The molecule has 4 nitrogen and oxygen atoms in total. The lowest BCUT2D eigenvalue weighted by Crippen LogP contribution is -2.37. The predicted molar refractivity (Wildman–Crippen MR) is 79.2 cm³/mol. The van der Waals surface area contributed by atoms with E-state index in [4.69, 9.17) is 23.2 Å². The Hall–Kier alpha value is -1.26. The van der Waals surface area contributed by atoms with E-state index in [1.165, 1.54) is 13.2 Å². The summed E-state index contributed by atoms with van der Waals surface area (Å²) in [7, 11) is 1.33. The van der Waals surface area contributed by atoms with Gasteiger partial charge in [-0.15, -0.1) is 0 Å². The summed E-state index contributed by atoms with van der Waals surface area (Å²) in [6.45, 7) is 4.35. The smallest absolute Gasteiger partial charge is 0.310 e. The molecule has 0 aliphatic carbocycles. The van der Waals surface area contributed by atoms with Gasteiger partial charge in [-0.2, -0.15) is 0 Å². The van der Waals surface area contributed by atoms with Crippen molar-refractivity contribution in [1.82, 2.24) is 4.90 Å². The van der Waals surface area contributed by atoms with E-state index in [0.717, 1.165) is 0 Å². The first kappa shape index (κ1) is 16.8. The van der Waals surface area contributed by atoms with Crippen molar-refractivity contribution >= 4 is 35.1 Å². The van der Waals surface area contributed by atoms with Crippen molar-refractivity contribution in [3.05, 3.63) is 33.8 Å². The summed E-state index contributed by atoms with van der Waals surface area (Å²) in [5.74, 6) is -0.918. The van der Waals surface area contributed by atoms with E-state index in [1.807, 2.05) is 6.92 Å². The van der Waals surface area contributed by atoms with Crippen LogP contribution in [0, 0.1) is 5.92 Å². The van der Waals surface area contributed by atoms with Gasteiger partial charge >= 0.3 is 5.97 Å². The average Bonchev–Trinajstić information content (AvgIpc) is 2.45. The van der Waals surface area contributed by atoms with Crippen molar-refractivity contribution in [1.29, 1.82) is 0 Å². The lowest BCUT2D eigenvalue weighted by Gasteiger charge is -2.23. The number of ether oxygens (including phenoxy) is 1. The number of esters is 1. The van der Waals surface area contributed by atoms with Crippen LogP contribution in [0.3, 0.4) is 0 Å². The molecule has 0 heterocycles. The van der Waals surface area contributed by atoms with E-state index in [1.54, 1.807) is 24.0 Å². The Balaban J connectivity index is 2.86. The molecule has 0 aromatic heterocycles. The molecule has 0 fully saturated rings. The van der Waals surface area contributed by atoms with E-state index in [0.29, 0.717) is 28.7 Å². The summed E-state index contributed by atoms with van der Waals surface area (Å²) < 4.78 is 4.66. The molecule has 1 rings (SSSR count). The summed E-state index contributed by atoms with van der Waals surface area (Å²) in [4.78, 5) is 25.4. The number of carbonyl (C=O) groups is 2. The summed E-state index contributed by atoms with van der Waals surface area (Å²) in [5.41, 5.74) is 0.443. The van der Waals surface area contributed by atoms with Crippen LogP contribution in [0.2, 0.25) is 10.0 Å². The van der Waals surface area contributed by atoms with E-state index < -0.39 is 0 Å². The van der Waals surface area contributed by atoms with E-state index in [9.17, 15) is 9.59 Å². The zero-order valence-electron chi connectivity index (χ0n) is 11.7. The molecule has 1 unspecified atom stereocenters. The molecule has 6 heteroatoms. The monoisotopic (exact) mass is 317 g/mol. The highest BCUT2D eigenvalue weighted by Crippen LogP contribution is 2.23. The lowest BCUT2D eigenvalue weighted by atomic mass is 10.1. The molecule has 0 aliphatic rings. The number of halogens is 2. The standard InChI is InChI=1S/C14H17Cl2NO3/c1-4-17(8-9(2)14(19)20-3)13(18)10-5-6-11(15)12(16)7-10/h5-7,9H,4,8H2,1-3H3. The minimum absolute atomic E-state index is 0.193. The molecular formula is C14H17Cl2NO3. The number of benzene rings is 1. The Morgan fingerprint density at radius 3 is 2.45 bits per heavy atom. The van der Waals surface area contributed by atoms with Crippen molar-refractivity contribution in [2.75, 3.05) is 20.2 Å². The van der Waals surface area contributed by atoms with E-state index in [2.05, 4.69) is 4.74 Å². The maximum atomic E-state index is 12.4. The average molecular weight is 318 g/mol. The van der Waals surface area contributed by atoms with Gasteiger partial charge < -0.3 is 9.64 Å². The van der Waals surface area contributed by atoms with Gasteiger partial charge in [-0.05, 0) is 25.1 Å². The highest BCUT2D eigenvalue weighted by Gasteiger charge is 2.21. The molecule has 0 saturated carbocycles. The molecule has 0 radical (unpaired) electrons. The minimum atomic E-state index is -0.383. The van der Waals surface area contributed by atoms with Crippen molar-refractivity contribution in [2.24, 2.45) is 5.92 Å². The fourth-order valence-corrected chi connectivity index (χ4v) is 2.07. The number of nitrogens with zero attached hydrogens (tertiary/aromatic N) is 1. The molecule has 0 bridgehead atoms. The number of methoxy groups -OCH3 is 1. The molecule has 1 amide bonds. The van der Waals surface area contributed by atoms with Gasteiger partial charge in [0.05, 0.1) is 23.1 Å². The Kier molecular flexibility index (Phi) is 6.30. The molecule has 20 heavy (non-hydrogen) atoms. The Bertz CT molecular complexity index is 505. The van der Waals surface area contributed by atoms with Gasteiger partial charge in [0.15, 0.2) is 0 Å². The van der Waals surface area contributed by atoms with Crippen molar-refractivity contribution in [2.45, 2.75) is 13.8 Å². The third-order valence-corrected chi connectivity index (χ3v) is 3.67. The molecule has 0 aliphatic heterocycles. The van der Waals surface area contributed by atoms with Crippen LogP contribution in [0.1, 0.15) is 24.2 Å². The Morgan fingerprint density at radius 2 is 1.95 bits per heavy atom. The maximum absolute atomic E-state index is 12.4. The van der Waals surface area contributed by atoms with Crippen LogP contribution in [-0.2, 0) is 9.53 Å². The van der Waals surface area contributed by atoms with Crippen molar-refractivity contribution in [3.8, 4) is 0 Å². The van der Waals surface area contributed by atoms with Crippen LogP contribution in [-0.4, -0.2) is 37.0 Å². The quantitative estimate of drug-likeness (QED) is 0.783. The Morgan fingerprint density at radius 1 is 1.30 bits per heavy atom. The number of hydrogen-bond donors (Lipinski definition) is 0. The molecule has 1 aromatic carbocycles. The maximum Gasteiger partial charge on any atom is 0.310 e. The zero-order chi connectivity index (χ0) is 15.3. The van der Waals surface area contributed by atoms with Crippen molar-refractivity contribution in [3.63, 3.8) is 0 Å². The first-order valence-electron chi connectivity index (χ1n) is 6.22. The summed E-state index contributed by atoms with van der Waals surface area (Å²) in [6, 6.07) is 4.72. The highest BCUT2D eigenvalue weighted by atomic mass is 35.5. The number of amides is 1. The first-order chi connectivity index (χ1) is 9.40. The van der Waals surface area contributed by atoms with Crippen LogP contribution >= 0.6 is 23.2 Å². The number of hydrogen-bond acceptors (Lipinski definition) is 3. The summed E-state index contributed by atoms with van der Waals surface area (Å²) in [5, 5.41) is 0.726. The summed E-state index contributed by atoms with van der Waals surface area (Å²) >= 11 is 11.7. The van der Waals surface area contributed by atoms with Crippen LogP contribution in [0.5, 0.6) is 0 Å². The second-order valence-corrected chi connectivity index (χ2v) is 5.21. The zero-order valence-corrected chi connectivity index (χ0v) is 13.2. The molecule has 1 atom stereocenters. The van der Waals surface area contributed by atoms with Gasteiger partial charge in [0.1, 0.15) is 0 Å². The normalized spacial score (nSPS) is 11.8. The van der Waals surface area contributed by atoms with Crippen LogP contribution in [0.15, 0.2) is 18.2 Å². The molecule has 0 spiro atoms. The fourth-order valence-electron chi connectivity index (χ4n) is 1.77. The molecular weight excluding hydrogens is 301 g/mol. The minimum Gasteiger partial charge on any atom is -0.469 e. The van der Waals surface area contributed by atoms with Crippen LogP contribution < -0.4 is 0 Å². The van der Waals surface area contributed by atoms with Crippen LogP contribution in [0.4, 0.5) is 0 Å². The Labute approximate surface area is 128 Å². The third kappa shape index (κ3) is 4.12. The van der Waals surface area contributed by atoms with Gasteiger partial charge in [0, 0.05) is 18.7 Å². The SMILES string of the molecule is CCN(CC(C)C(=O)OC)C(=O)c1ccc(Cl)c(Cl)c1. The van der Waals surface area contributed by atoms with E-state index in [-0.39, 0.29) is 17.8 Å². The topological polar surface area (TPSA) is 46.6 Å². The lowest BCUT2D eigenvalue weighted by molar-refractivity contribution is -0.145.